The lowest BCUT2D eigenvalue weighted by molar-refractivity contribution is 0.669. The minimum atomic E-state index is 0.904. The molecule has 0 aliphatic rings. The van der Waals surface area contributed by atoms with E-state index in [0.717, 1.165) is 83.2 Å². The summed E-state index contributed by atoms with van der Waals surface area (Å²) in [6.45, 7) is 0. The van der Waals surface area contributed by atoms with E-state index in [0.29, 0.717) is 0 Å². The third-order valence-electron chi connectivity index (χ3n) is 9.65. The number of para-hydroxylation sites is 3. The Morgan fingerprint density at radius 3 is 1.71 bits per heavy atom. The summed E-state index contributed by atoms with van der Waals surface area (Å²) in [6, 6.07) is 62.0. The SMILES string of the molecule is c1ccc(N(c2ccc(-c3ccc4oc5cc6ccccc6cc5c4c3)cc2)c2ccc(-c3cccc4c3oc3ccccc34)cc2)cc1. The number of rotatable bonds is 5. The Morgan fingerprint density at radius 1 is 0.327 bits per heavy atom. The first-order valence-electron chi connectivity index (χ1n) is 16.6. The van der Waals surface area contributed by atoms with Crippen LogP contribution in [0.3, 0.4) is 0 Å². The van der Waals surface area contributed by atoms with Crippen LogP contribution in [0.15, 0.2) is 185 Å². The first-order valence-corrected chi connectivity index (χ1v) is 16.6. The van der Waals surface area contributed by atoms with Crippen molar-refractivity contribution in [3.05, 3.63) is 176 Å². The number of benzene rings is 8. The maximum absolute atomic E-state index is 6.34. The molecule has 230 valence electrons. The van der Waals surface area contributed by atoms with E-state index >= 15 is 0 Å². The quantitative estimate of drug-likeness (QED) is 0.190. The number of anilines is 3. The highest BCUT2D eigenvalue weighted by atomic mass is 16.3. The van der Waals surface area contributed by atoms with Crippen molar-refractivity contribution in [1.29, 1.82) is 0 Å². The van der Waals surface area contributed by atoms with Gasteiger partial charge in [0.2, 0.25) is 0 Å². The number of hydrogen-bond donors (Lipinski definition) is 0. The van der Waals surface area contributed by atoms with Gasteiger partial charge in [0.1, 0.15) is 22.3 Å². The van der Waals surface area contributed by atoms with E-state index < -0.39 is 0 Å². The van der Waals surface area contributed by atoms with E-state index in [1.54, 1.807) is 0 Å². The highest BCUT2D eigenvalue weighted by Gasteiger charge is 2.16. The van der Waals surface area contributed by atoms with Crippen molar-refractivity contribution < 1.29 is 8.83 Å². The molecule has 10 rings (SSSR count). The number of nitrogens with zero attached hydrogens (tertiary/aromatic N) is 1. The van der Waals surface area contributed by atoms with Gasteiger partial charge < -0.3 is 13.7 Å². The molecule has 0 unspecified atom stereocenters. The molecular weight excluding hydrogens is 599 g/mol. The molecule has 0 saturated carbocycles. The van der Waals surface area contributed by atoms with Gasteiger partial charge in [-0.2, -0.15) is 0 Å². The van der Waals surface area contributed by atoms with E-state index in [4.69, 9.17) is 8.83 Å². The van der Waals surface area contributed by atoms with Crippen LogP contribution in [0, 0.1) is 0 Å². The summed E-state index contributed by atoms with van der Waals surface area (Å²) in [5.74, 6) is 0. The van der Waals surface area contributed by atoms with Crippen LogP contribution < -0.4 is 4.90 Å². The Kier molecular flexibility index (Phi) is 6.18. The van der Waals surface area contributed by atoms with E-state index in [-0.39, 0.29) is 0 Å². The van der Waals surface area contributed by atoms with Crippen LogP contribution in [0.5, 0.6) is 0 Å². The van der Waals surface area contributed by atoms with Gasteiger partial charge in [-0.25, -0.2) is 0 Å². The Bertz CT molecular complexity index is 2810. The van der Waals surface area contributed by atoms with Gasteiger partial charge in [0, 0.05) is 44.2 Å². The standard InChI is InChI=1S/C46H29NO2/c1-2-11-35(12-3-1)47(37-24-19-31(20-25-37)38-14-8-15-40-39-13-6-7-16-43(39)49-46(38)40)36-22-17-30(18-23-36)34-21-26-44-41(28-34)42-27-32-9-4-5-10-33(32)29-45(42)48-44/h1-29H. The Hall–Kier alpha value is -6.58. The fourth-order valence-corrected chi connectivity index (χ4v) is 7.23. The van der Waals surface area contributed by atoms with E-state index in [1.807, 2.05) is 12.1 Å². The van der Waals surface area contributed by atoms with Crippen LogP contribution in [0.2, 0.25) is 0 Å². The molecule has 8 aromatic carbocycles. The average Bonchev–Trinajstić information content (AvgIpc) is 3.72. The van der Waals surface area contributed by atoms with E-state index in [9.17, 15) is 0 Å². The Morgan fingerprint density at radius 2 is 0.918 bits per heavy atom. The molecule has 2 heterocycles. The third-order valence-corrected chi connectivity index (χ3v) is 9.65. The topological polar surface area (TPSA) is 29.5 Å². The largest absolute Gasteiger partial charge is 0.456 e. The molecule has 0 atom stereocenters. The highest BCUT2D eigenvalue weighted by Crippen LogP contribution is 2.40. The van der Waals surface area contributed by atoms with Crippen molar-refractivity contribution in [2.24, 2.45) is 0 Å². The molecule has 0 N–H and O–H groups in total. The average molecular weight is 628 g/mol. The van der Waals surface area contributed by atoms with Gasteiger partial charge in [0.15, 0.2) is 0 Å². The number of fused-ring (bicyclic) bond motifs is 7. The molecule has 3 nitrogen and oxygen atoms in total. The first kappa shape index (κ1) is 27.5. The second kappa shape index (κ2) is 11.0. The van der Waals surface area contributed by atoms with Crippen molar-refractivity contribution >= 4 is 71.7 Å². The van der Waals surface area contributed by atoms with Crippen LogP contribution >= 0.6 is 0 Å². The molecule has 3 heteroatoms. The second-order valence-corrected chi connectivity index (χ2v) is 12.6. The van der Waals surface area contributed by atoms with Gasteiger partial charge in [0.05, 0.1) is 0 Å². The Labute approximate surface area is 282 Å². The van der Waals surface area contributed by atoms with Crippen LogP contribution in [-0.4, -0.2) is 0 Å². The predicted octanol–water partition coefficient (Wildman–Crippen LogP) is 13.4. The van der Waals surface area contributed by atoms with Gasteiger partial charge in [-0.15, -0.1) is 0 Å². The molecule has 2 aromatic heterocycles. The number of hydrogen-bond acceptors (Lipinski definition) is 3. The van der Waals surface area contributed by atoms with Gasteiger partial charge in [0.25, 0.3) is 0 Å². The van der Waals surface area contributed by atoms with Crippen molar-refractivity contribution in [3.8, 4) is 22.3 Å². The number of furan rings is 2. The summed E-state index contributed by atoms with van der Waals surface area (Å²) >= 11 is 0. The maximum atomic E-state index is 6.34. The van der Waals surface area contributed by atoms with E-state index in [1.165, 1.54) is 10.8 Å². The van der Waals surface area contributed by atoms with E-state index in [2.05, 4.69) is 169 Å². The minimum absolute atomic E-state index is 0.904. The fraction of sp³-hybridized carbons (Fsp3) is 0. The molecule has 0 spiro atoms. The normalized spacial score (nSPS) is 11.7. The smallest absolute Gasteiger partial charge is 0.143 e. The second-order valence-electron chi connectivity index (χ2n) is 12.6. The molecule has 0 aliphatic heterocycles. The van der Waals surface area contributed by atoms with Crippen molar-refractivity contribution in [2.45, 2.75) is 0 Å². The zero-order chi connectivity index (χ0) is 32.3. The molecule has 0 radical (unpaired) electrons. The van der Waals surface area contributed by atoms with Gasteiger partial charge in [-0.05, 0) is 94.2 Å². The first-order chi connectivity index (χ1) is 24.3. The molecule has 10 aromatic rings. The van der Waals surface area contributed by atoms with Crippen LogP contribution in [-0.2, 0) is 0 Å². The molecule has 0 aliphatic carbocycles. The summed E-state index contributed by atoms with van der Waals surface area (Å²) in [5, 5.41) is 6.95. The van der Waals surface area contributed by atoms with Crippen LogP contribution in [0.25, 0.3) is 76.9 Å². The molecule has 49 heavy (non-hydrogen) atoms. The van der Waals surface area contributed by atoms with Gasteiger partial charge >= 0.3 is 0 Å². The predicted molar refractivity (Wildman–Crippen MR) is 204 cm³/mol. The third kappa shape index (κ3) is 4.59. The summed E-state index contributed by atoms with van der Waals surface area (Å²) < 4.78 is 12.6. The van der Waals surface area contributed by atoms with Gasteiger partial charge in [-0.3, -0.25) is 0 Å². The summed E-state index contributed by atoms with van der Waals surface area (Å²) in [4.78, 5) is 2.30. The maximum Gasteiger partial charge on any atom is 0.143 e. The summed E-state index contributed by atoms with van der Waals surface area (Å²) in [6.07, 6.45) is 0. The molecular formula is C46H29NO2. The van der Waals surface area contributed by atoms with Gasteiger partial charge in [-0.1, -0.05) is 109 Å². The summed E-state index contributed by atoms with van der Waals surface area (Å²) in [7, 11) is 0. The van der Waals surface area contributed by atoms with Crippen molar-refractivity contribution in [1.82, 2.24) is 0 Å². The zero-order valence-corrected chi connectivity index (χ0v) is 26.5. The molecule has 0 fully saturated rings. The highest BCUT2D eigenvalue weighted by molar-refractivity contribution is 6.11. The molecule has 0 bridgehead atoms. The van der Waals surface area contributed by atoms with Crippen LogP contribution in [0.4, 0.5) is 17.1 Å². The lowest BCUT2D eigenvalue weighted by Gasteiger charge is -2.26. The van der Waals surface area contributed by atoms with Crippen molar-refractivity contribution in [3.63, 3.8) is 0 Å². The zero-order valence-electron chi connectivity index (χ0n) is 26.5. The monoisotopic (exact) mass is 627 g/mol. The molecule has 0 amide bonds. The van der Waals surface area contributed by atoms with Crippen molar-refractivity contribution in [2.75, 3.05) is 4.90 Å². The summed E-state index contributed by atoms with van der Waals surface area (Å²) in [5.41, 5.74) is 11.4. The lowest BCUT2D eigenvalue weighted by atomic mass is 10.0. The fourth-order valence-electron chi connectivity index (χ4n) is 7.23. The van der Waals surface area contributed by atoms with Crippen LogP contribution in [0.1, 0.15) is 0 Å². The molecule has 0 saturated heterocycles. The minimum Gasteiger partial charge on any atom is -0.456 e. The lowest BCUT2D eigenvalue weighted by Crippen LogP contribution is -2.09. The Balaban J connectivity index is 1.02.